The number of hydrogen-bond acceptors (Lipinski definition) is 2. The first-order valence-corrected chi connectivity index (χ1v) is 4.53. The highest BCUT2D eigenvalue weighted by Gasteiger charge is 2.18. The van der Waals surface area contributed by atoms with E-state index in [2.05, 4.69) is 32.8 Å². The van der Waals surface area contributed by atoms with E-state index in [4.69, 9.17) is 0 Å². The minimum atomic E-state index is -0.0490. The van der Waals surface area contributed by atoms with Crippen molar-refractivity contribution in [3.8, 4) is 0 Å². The molecule has 1 aromatic heterocycles. The van der Waals surface area contributed by atoms with Gasteiger partial charge in [0.1, 0.15) is 5.69 Å². The third-order valence-corrected chi connectivity index (χ3v) is 1.92. The molecule has 0 amide bonds. The fourth-order valence-electron chi connectivity index (χ4n) is 1.33. The first-order chi connectivity index (χ1) is 5.99. The molecule has 72 valence electrons. The van der Waals surface area contributed by atoms with Gasteiger partial charge < -0.3 is 0 Å². The largest absolute Gasteiger partial charge is 0.296 e. The molecule has 0 spiro atoms. The second-order valence-electron chi connectivity index (χ2n) is 4.11. The van der Waals surface area contributed by atoms with Gasteiger partial charge in [0, 0.05) is 5.69 Å². The van der Waals surface area contributed by atoms with Crippen LogP contribution in [-0.2, 0) is 12.0 Å². The fraction of sp³-hybridized carbons (Fsp3) is 0.600. The van der Waals surface area contributed by atoms with Crippen LogP contribution in [0.25, 0.3) is 0 Å². The molecule has 3 heteroatoms. The average molecular weight is 180 g/mol. The van der Waals surface area contributed by atoms with Crippen LogP contribution in [0.15, 0.2) is 6.07 Å². The summed E-state index contributed by atoms with van der Waals surface area (Å²) in [5.41, 5.74) is 1.58. The molecule has 0 bridgehead atoms. The predicted molar refractivity (Wildman–Crippen MR) is 52.0 cm³/mol. The summed E-state index contributed by atoms with van der Waals surface area (Å²) in [5.74, 6) is 0. The van der Waals surface area contributed by atoms with Gasteiger partial charge in [-0.2, -0.15) is 5.10 Å². The molecule has 0 aliphatic heterocycles. The first kappa shape index (κ1) is 9.96. The summed E-state index contributed by atoms with van der Waals surface area (Å²) in [6, 6.07) is 1.85. The zero-order chi connectivity index (χ0) is 10.1. The first-order valence-electron chi connectivity index (χ1n) is 4.53. The third kappa shape index (κ3) is 1.97. The summed E-state index contributed by atoms with van der Waals surface area (Å²) in [4.78, 5) is 10.5. The van der Waals surface area contributed by atoms with E-state index in [0.29, 0.717) is 5.69 Å². The van der Waals surface area contributed by atoms with Gasteiger partial charge >= 0.3 is 0 Å². The van der Waals surface area contributed by atoms with Gasteiger partial charge in [0.15, 0.2) is 6.29 Å². The molecule has 0 saturated carbocycles. The number of nitrogens with zero attached hydrogens (tertiary/aromatic N) is 2. The Balaban J connectivity index is 3.19. The monoisotopic (exact) mass is 180 g/mol. The van der Waals surface area contributed by atoms with Crippen molar-refractivity contribution in [3.05, 3.63) is 17.5 Å². The van der Waals surface area contributed by atoms with E-state index >= 15 is 0 Å². The van der Waals surface area contributed by atoms with Crippen molar-refractivity contribution < 1.29 is 4.79 Å². The second-order valence-corrected chi connectivity index (χ2v) is 4.11. The Bertz CT molecular complexity index is 307. The number of rotatable bonds is 2. The minimum Gasteiger partial charge on any atom is -0.296 e. The Labute approximate surface area is 78.8 Å². The molecule has 0 aliphatic carbocycles. The van der Waals surface area contributed by atoms with Crippen LogP contribution >= 0.6 is 0 Å². The predicted octanol–water partition coefficient (Wildman–Crippen LogP) is 2.01. The molecule has 1 aromatic rings. The summed E-state index contributed by atoms with van der Waals surface area (Å²) >= 11 is 0. The van der Waals surface area contributed by atoms with Crippen LogP contribution in [0.4, 0.5) is 0 Å². The van der Waals surface area contributed by atoms with E-state index in [0.717, 1.165) is 18.4 Å². The molecule has 0 radical (unpaired) electrons. The average Bonchev–Trinajstić information content (AvgIpc) is 2.46. The second kappa shape index (κ2) is 3.32. The van der Waals surface area contributed by atoms with Crippen LogP contribution in [0.2, 0.25) is 0 Å². The Morgan fingerprint density at radius 1 is 1.54 bits per heavy atom. The van der Waals surface area contributed by atoms with E-state index in [-0.39, 0.29) is 5.54 Å². The van der Waals surface area contributed by atoms with Gasteiger partial charge in [-0.05, 0) is 33.3 Å². The van der Waals surface area contributed by atoms with Crippen LogP contribution in [-0.4, -0.2) is 16.1 Å². The molecule has 0 N–H and O–H groups in total. The van der Waals surface area contributed by atoms with Crippen molar-refractivity contribution in [2.45, 2.75) is 39.7 Å². The normalized spacial score (nSPS) is 11.7. The molecule has 3 nitrogen and oxygen atoms in total. The molecule has 0 aromatic carbocycles. The lowest BCUT2D eigenvalue weighted by Crippen LogP contribution is -2.25. The summed E-state index contributed by atoms with van der Waals surface area (Å²) < 4.78 is 1.91. The number of aryl methyl sites for hydroxylation is 1. The standard InChI is InChI=1S/C10H16N2O/c1-5-9-6-8(7-13)11-12(9)10(2,3)4/h6-7H,5H2,1-4H3. The van der Waals surface area contributed by atoms with Crippen molar-refractivity contribution >= 4 is 6.29 Å². The van der Waals surface area contributed by atoms with Crippen molar-refractivity contribution in [1.29, 1.82) is 0 Å². The van der Waals surface area contributed by atoms with E-state index in [9.17, 15) is 4.79 Å². The van der Waals surface area contributed by atoms with Crippen molar-refractivity contribution in [2.24, 2.45) is 0 Å². The highest BCUT2D eigenvalue weighted by atomic mass is 16.1. The van der Waals surface area contributed by atoms with Gasteiger partial charge in [0.05, 0.1) is 5.54 Å². The maximum Gasteiger partial charge on any atom is 0.170 e. The van der Waals surface area contributed by atoms with Gasteiger partial charge in [-0.1, -0.05) is 6.92 Å². The smallest absolute Gasteiger partial charge is 0.170 e. The van der Waals surface area contributed by atoms with Gasteiger partial charge in [0.2, 0.25) is 0 Å². The lowest BCUT2D eigenvalue weighted by atomic mass is 10.1. The van der Waals surface area contributed by atoms with Gasteiger partial charge in [-0.3, -0.25) is 9.48 Å². The minimum absolute atomic E-state index is 0.0490. The van der Waals surface area contributed by atoms with Gasteiger partial charge in [-0.15, -0.1) is 0 Å². The van der Waals surface area contributed by atoms with E-state index in [1.807, 2.05) is 10.7 Å². The number of carbonyl (C=O) groups excluding carboxylic acids is 1. The Kier molecular flexibility index (Phi) is 2.55. The van der Waals surface area contributed by atoms with Crippen LogP contribution < -0.4 is 0 Å². The van der Waals surface area contributed by atoms with Crippen LogP contribution in [0.1, 0.15) is 43.9 Å². The Hall–Kier alpha value is -1.12. The van der Waals surface area contributed by atoms with Gasteiger partial charge in [0.25, 0.3) is 0 Å². The summed E-state index contributed by atoms with van der Waals surface area (Å²) in [7, 11) is 0. The quantitative estimate of drug-likeness (QED) is 0.652. The Morgan fingerprint density at radius 3 is 2.46 bits per heavy atom. The lowest BCUT2D eigenvalue weighted by molar-refractivity contribution is 0.111. The molecular weight excluding hydrogens is 164 g/mol. The highest BCUT2D eigenvalue weighted by Crippen LogP contribution is 2.17. The van der Waals surface area contributed by atoms with Crippen LogP contribution in [0, 0.1) is 0 Å². The van der Waals surface area contributed by atoms with Crippen molar-refractivity contribution in [3.63, 3.8) is 0 Å². The molecule has 13 heavy (non-hydrogen) atoms. The molecular formula is C10H16N2O. The summed E-state index contributed by atoms with van der Waals surface area (Å²) in [6.45, 7) is 8.29. The van der Waals surface area contributed by atoms with Crippen molar-refractivity contribution in [1.82, 2.24) is 9.78 Å². The molecule has 1 heterocycles. The SMILES string of the molecule is CCc1cc(C=O)nn1C(C)(C)C. The Morgan fingerprint density at radius 2 is 2.15 bits per heavy atom. The van der Waals surface area contributed by atoms with E-state index < -0.39 is 0 Å². The molecule has 0 atom stereocenters. The fourth-order valence-corrected chi connectivity index (χ4v) is 1.33. The number of hydrogen-bond donors (Lipinski definition) is 0. The maximum absolute atomic E-state index is 10.5. The summed E-state index contributed by atoms with van der Waals surface area (Å²) in [6.07, 6.45) is 1.69. The number of aldehydes is 1. The zero-order valence-corrected chi connectivity index (χ0v) is 8.66. The molecule has 0 saturated heterocycles. The lowest BCUT2D eigenvalue weighted by Gasteiger charge is -2.21. The zero-order valence-electron chi connectivity index (χ0n) is 8.66. The molecule has 0 unspecified atom stereocenters. The highest BCUT2D eigenvalue weighted by molar-refractivity contribution is 5.71. The number of aromatic nitrogens is 2. The molecule has 0 fully saturated rings. The molecule has 1 rings (SSSR count). The van der Waals surface area contributed by atoms with Crippen LogP contribution in [0.5, 0.6) is 0 Å². The van der Waals surface area contributed by atoms with E-state index in [1.165, 1.54) is 0 Å². The molecule has 0 aliphatic rings. The topological polar surface area (TPSA) is 34.9 Å². The van der Waals surface area contributed by atoms with Crippen LogP contribution in [0.3, 0.4) is 0 Å². The maximum atomic E-state index is 10.5. The van der Waals surface area contributed by atoms with Gasteiger partial charge in [-0.25, -0.2) is 0 Å². The summed E-state index contributed by atoms with van der Waals surface area (Å²) in [5, 5.41) is 4.22. The third-order valence-electron chi connectivity index (χ3n) is 1.92. The van der Waals surface area contributed by atoms with Crippen molar-refractivity contribution in [2.75, 3.05) is 0 Å². The number of carbonyl (C=O) groups is 1. The van der Waals surface area contributed by atoms with E-state index in [1.54, 1.807) is 0 Å².